The summed E-state index contributed by atoms with van der Waals surface area (Å²) < 4.78 is 15.1. The smallest absolute Gasteiger partial charge is 0.262 e. The average Bonchev–Trinajstić information content (AvgIpc) is 2.04. The van der Waals surface area contributed by atoms with Gasteiger partial charge in [-0.25, -0.2) is 4.39 Å². The molecule has 0 bridgehead atoms. The van der Waals surface area contributed by atoms with Crippen LogP contribution in [0.3, 0.4) is 0 Å². The number of benzene rings is 1. The number of rotatable bonds is 1. The molecule has 0 fully saturated rings. The van der Waals surface area contributed by atoms with Gasteiger partial charge in [-0.05, 0) is 12.1 Å². The summed E-state index contributed by atoms with van der Waals surface area (Å²) in [7, 11) is 0. The highest BCUT2D eigenvalue weighted by molar-refractivity contribution is 14.1. The molecule has 11 heavy (non-hydrogen) atoms. The number of carbonyl (C=O) groups excluding carboxylic acids is 1. The fourth-order valence-electron chi connectivity index (χ4n) is 0.696. The fraction of sp³-hybridized carbons (Fsp3) is 0. The van der Waals surface area contributed by atoms with E-state index in [1.807, 2.05) is 0 Å². The monoisotopic (exact) mass is 265 g/mol. The third kappa shape index (κ3) is 1.89. The third-order valence-corrected chi connectivity index (χ3v) is 1.69. The number of hydrogen-bond donors (Lipinski definition) is 1. The minimum atomic E-state index is -0.498. The Morgan fingerprint density at radius 1 is 1.45 bits per heavy atom. The Morgan fingerprint density at radius 2 is 2.09 bits per heavy atom. The molecule has 0 heterocycles. The average molecular weight is 265 g/mol. The van der Waals surface area contributed by atoms with Crippen molar-refractivity contribution in [3.8, 4) is 0 Å². The van der Waals surface area contributed by atoms with E-state index >= 15 is 0 Å². The van der Waals surface area contributed by atoms with E-state index in [9.17, 15) is 9.18 Å². The van der Waals surface area contributed by atoms with Crippen LogP contribution < -0.4 is 3.53 Å². The lowest BCUT2D eigenvalue weighted by Gasteiger charge is -1.97. The molecule has 4 heteroatoms. The quantitative estimate of drug-likeness (QED) is 0.609. The molecule has 2 nitrogen and oxygen atoms in total. The van der Waals surface area contributed by atoms with E-state index in [4.69, 9.17) is 0 Å². The van der Waals surface area contributed by atoms with Crippen LogP contribution in [-0.2, 0) is 0 Å². The molecule has 0 radical (unpaired) electrons. The van der Waals surface area contributed by atoms with Gasteiger partial charge in [0.05, 0.1) is 28.4 Å². The highest BCUT2D eigenvalue weighted by atomic mass is 127. The molecule has 1 rings (SSSR count). The Balaban J connectivity index is 3.03. The van der Waals surface area contributed by atoms with Crippen LogP contribution in [0.1, 0.15) is 10.4 Å². The number of hydrogen-bond acceptors (Lipinski definition) is 1. The van der Waals surface area contributed by atoms with Gasteiger partial charge in [-0.3, -0.25) is 8.32 Å². The van der Waals surface area contributed by atoms with Crippen molar-refractivity contribution in [3.05, 3.63) is 35.6 Å². The van der Waals surface area contributed by atoms with Crippen LogP contribution in [-0.4, -0.2) is 5.91 Å². The zero-order chi connectivity index (χ0) is 8.27. The molecule has 58 valence electrons. The van der Waals surface area contributed by atoms with Gasteiger partial charge < -0.3 is 0 Å². The van der Waals surface area contributed by atoms with E-state index in [1.54, 1.807) is 35.0 Å². The summed E-state index contributed by atoms with van der Waals surface area (Å²) >= 11 is 1.67. The topological polar surface area (TPSA) is 29.1 Å². The molecule has 1 aromatic rings. The number of carbonyl (C=O) groups is 1. The van der Waals surface area contributed by atoms with Crippen LogP contribution >= 0.6 is 22.9 Å². The minimum absolute atomic E-state index is 0.0712. The normalized spacial score (nSPS) is 9.27. The first-order chi connectivity index (χ1) is 5.25. The molecule has 0 aliphatic rings. The number of halogens is 2. The third-order valence-electron chi connectivity index (χ3n) is 1.20. The van der Waals surface area contributed by atoms with Crippen molar-refractivity contribution in [2.75, 3.05) is 0 Å². The lowest BCUT2D eigenvalue weighted by atomic mass is 10.2. The lowest BCUT2D eigenvalue weighted by molar-refractivity contribution is 0.0986. The van der Waals surface area contributed by atoms with Gasteiger partial charge in [-0.2, -0.15) is 0 Å². The zero-order valence-corrected chi connectivity index (χ0v) is 7.63. The summed E-state index contributed by atoms with van der Waals surface area (Å²) in [6, 6.07) is 5.84. The summed E-state index contributed by atoms with van der Waals surface area (Å²) in [5, 5.41) is 0. The Hall–Kier alpha value is -0.650. The fourth-order valence-corrected chi connectivity index (χ4v) is 0.987. The molecule has 0 atom stereocenters. The van der Waals surface area contributed by atoms with Crippen molar-refractivity contribution >= 4 is 28.8 Å². The van der Waals surface area contributed by atoms with Crippen LogP contribution in [0.25, 0.3) is 0 Å². The van der Waals surface area contributed by atoms with E-state index < -0.39 is 11.7 Å². The molecule has 0 saturated heterocycles. The summed E-state index contributed by atoms with van der Waals surface area (Å²) in [5.41, 5.74) is 0.0712. The Kier molecular flexibility index (Phi) is 2.81. The molecule has 0 aliphatic heterocycles. The van der Waals surface area contributed by atoms with Crippen LogP contribution in [0.4, 0.5) is 4.39 Å². The summed E-state index contributed by atoms with van der Waals surface area (Å²) in [4.78, 5) is 10.9. The van der Waals surface area contributed by atoms with Gasteiger partial charge in [0, 0.05) is 0 Å². The van der Waals surface area contributed by atoms with Crippen molar-refractivity contribution in [2.24, 2.45) is 0 Å². The minimum Gasteiger partial charge on any atom is -0.295 e. The van der Waals surface area contributed by atoms with Crippen molar-refractivity contribution in [3.63, 3.8) is 0 Å². The second-order valence-corrected chi connectivity index (χ2v) is 2.44. The Labute approximate surface area is 77.3 Å². The van der Waals surface area contributed by atoms with Crippen LogP contribution in [0.5, 0.6) is 0 Å². The lowest BCUT2D eigenvalue weighted by Crippen LogP contribution is -2.13. The van der Waals surface area contributed by atoms with E-state index in [1.165, 1.54) is 12.1 Å². The Morgan fingerprint density at radius 3 is 2.64 bits per heavy atom. The molecular weight excluding hydrogens is 260 g/mol. The molecule has 0 aromatic heterocycles. The van der Waals surface area contributed by atoms with Crippen LogP contribution in [0.2, 0.25) is 0 Å². The van der Waals surface area contributed by atoms with Gasteiger partial charge in [0.15, 0.2) is 0 Å². The predicted molar refractivity (Wildman–Crippen MR) is 47.9 cm³/mol. The maximum Gasteiger partial charge on any atom is 0.262 e. The first kappa shape index (κ1) is 8.45. The number of nitrogens with one attached hydrogen (secondary N) is 1. The summed E-state index contributed by atoms with van der Waals surface area (Å²) in [6.45, 7) is 0. The van der Waals surface area contributed by atoms with Crippen molar-refractivity contribution in [2.45, 2.75) is 0 Å². The first-order valence-electron chi connectivity index (χ1n) is 2.91. The molecule has 1 N–H and O–H groups in total. The van der Waals surface area contributed by atoms with Crippen molar-refractivity contribution in [1.29, 1.82) is 0 Å². The number of amides is 1. The van der Waals surface area contributed by atoms with Crippen LogP contribution in [0, 0.1) is 5.82 Å². The van der Waals surface area contributed by atoms with E-state index in [0.29, 0.717) is 0 Å². The second-order valence-electron chi connectivity index (χ2n) is 1.90. The second kappa shape index (κ2) is 3.66. The van der Waals surface area contributed by atoms with E-state index in [0.717, 1.165) is 0 Å². The van der Waals surface area contributed by atoms with Gasteiger partial charge >= 0.3 is 0 Å². The summed E-state index contributed by atoms with van der Waals surface area (Å²) in [5.74, 6) is -0.912. The maximum absolute atomic E-state index is 12.8. The largest absolute Gasteiger partial charge is 0.295 e. The molecule has 1 amide bonds. The molecule has 1 aromatic carbocycles. The van der Waals surface area contributed by atoms with Crippen LogP contribution in [0.15, 0.2) is 24.3 Å². The van der Waals surface area contributed by atoms with E-state index in [2.05, 4.69) is 3.53 Å². The molecule has 0 aliphatic carbocycles. The molecular formula is C7H5FINO. The zero-order valence-electron chi connectivity index (χ0n) is 5.47. The van der Waals surface area contributed by atoms with Gasteiger partial charge in [-0.1, -0.05) is 12.1 Å². The standard InChI is InChI=1S/C7H5FINO/c8-6-4-2-1-3-5(6)7(11)10-9/h1-4H,(H,10,11). The van der Waals surface area contributed by atoms with Gasteiger partial charge in [-0.15, -0.1) is 0 Å². The van der Waals surface area contributed by atoms with Crippen molar-refractivity contribution in [1.82, 2.24) is 3.53 Å². The Bertz CT molecular complexity index is 277. The molecule has 0 spiro atoms. The highest BCUT2D eigenvalue weighted by Crippen LogP contribution is 2.05. The SMILES string of the molecule is O=C(NI)c1ccccc1F. The summed E-state index contributed by atoms with van der Waals surface area (Å²) in [6.07, 6.45) is 0. The van der Waals surface area contributed by atoms with Gasteiger partial charge in [0.2, 0.25) is 0 Å². The highest BCUT2D eigenvalue weighted by Gasteiger charge is 2.07. The molecule has 0 saturated carbocycles. The van der Waals surface area contributed by atoms with Crippen molar-refractivity contribution < 1.29 is 9.18 Å². The van der Waals surface area contributed by atoms with Gasteiger partial charge in [0.1, 0.15) is 5.82 Å². The first-order valence-corrected chi connectivity index (χ1v) is 3.99. The predicted octanol–water partition coefficient (Wildman–Crippen LogP) is 1.91. The van der Waals surface area contributed by atoms with E-state index in [-0.39, 0.29) is 5.56 Å². The van der Waals surface area contributed by atoms with Gasteiger partial charge in [0.25, 0.3) is 5.91 Å². The maximum atomic E-state index is 12.8. The molecule has 0 unspecified atom stereocenters.